The van der Waals surface area contributed by atoms with Crippen molar-refractivity contribution in [3.8, 4) is 0 Å². The zero-order valence-electron chi connectivity index (χ0n) is 8.88. The van der Waals surface area contributed by atoms with Gasteiger partial charge in [0.15, 0.2) is 0 Å². The van der Waals surface area contributed by atoms with Crippen molar-refractivity contribution in [1.29, 1.82) is 0 Å². The summed E-state index contributed by atoms with van der Waals surface area (Å²) in [6.45, 7) is 6.60. The van der Waals surface area contributed by atoms with Crippen LogP contribution in [0, 0.1) is 0 Å². The highest BCUT2D eigenvalue weighted by Gasteiger charge is 2.21. The summed E-state index contributed by atoms with van der Waals surface area (Å²) in [6, 6.07) is 9.13. The fraction of sp³-hybridized carbons (Fsp3) is 0.500. The molecular weight excluding hydrogens is 172 g/mol. The summed E-state index contributed by atoms with van der Waals surface area (Å²) < 4.78 is 0. The minimum Gasteiger partial charge on any atom is -0.383 e. The molecule has 2 nitrogen and oxygen atoms in total. The van der Waals surface area contributed by atoms with E-state index in [-0.39, 0.29) is 0 Å². The van der Waals surface area contributed by atoms with E-state index < -0.39 is 0 Å². The van der Waals surface area contributed by atoms with Gasteiger partial charge < -0.3 is 10.6 Å². The average Bonchev–Trinajstić information content (AvgIpc) is 2.04. The van der Waals surface area contributed by atoms with Crippen LogP contribution in [0.2, 0.25) is 0 Å². The van der Waals surface area contributed by atoms with Gasteiger partial charge in [-0.2, -0.15) is 0 Å². The standard InChI is InChI=1S/C12H18N2/c1-9(2)14-12-6-4-3-5-11(12)10-7-13-8-10/h3-6,9-10,13-14H,7-8H2,1-2H3. The van der Waals surface area contributed by atoms with Crippen LogP contribution in [0.4, 0.5) is 5.69 Å². The summed E-state index contributed by atoms with van der Waals surface area (Å²) >= 11 is 0. The molecule has 0 amide bonds. The highest BCUT2D eigenvalue weighted by atomic mass is 15.0. The Morgan fingerprint density at radius 1 is 1.29 bits per heavy atom. The first-order chi connectivity index (χ1) is 6.77. The number of para-hydroxylation sites is 1. The fourth-order valence-corrected chi connectivity index (χ4v) is 1.80. The van der Waals surface area contributed by atoms with Crippen LogP contribution >= 0.6 is 0 Å². The SMILES string of the molecule is CC(C)Nc1ccccc1C1CNC1. The lowest BCUT2D eigenvalue weighted by atomic mass is 9.92. The van der Waals surface area contributed by atoms with Gasteiger partial charge in [0.1, 0.15) is 0 Å². The quantitative estimate of drug-likeness (QED) is 0.763. The van der Waals surface area contributed by atoms with Crippen molar-refractivity contribution in [2.45, 2.75) is 25.8 Å². The van der Waals surface area contributed by atoms with E-state index in [0.717, 1.165) is 13.1 Å². The van der Waals surface area contributed by atoms with Gasteiger partial charge in [-0.3, -0.25) is 0 Å². The van der Waals surface area contributed by atoms with E-state index in [9.17, 15) is 0 Å². The van der Waals surface area contributed by atoms with Crippen molar-refractivity contribution in [2.24, 2.45) is 0 Å². The minimum absolute atomic E-state index is 0.504. The molecule has 1 fully saturated rings. The molecule has 76 valence electrons. The molecule has 2 heteroatoms. The molecule has 1 aliphatic rings. The maximum absolute atomic E-state index is 3.49. The predicted octanol–water partition coefficient (Wildman–Crippen LogP) is 2.19. The first kappa shape index (κ1) is 9.53. The Morgan fingerprint density at radius 2 is 2.00 bits per heavy atom. The molecule has 1 heterocycles. The summed E-state index contributed by atoms with van der Waals surface area (Å²) in [5.41, 5.74) is 2.76. The minimum atomic E-state index is 0.504. The Kier molecular flexibility index (Phi) is 2.73. The smallest absolute Gasteiger partial charge is 0.0378 e. The molecule has 0 spiro atoms. The van der Waals surface area contributed by atoms with Crippen LogP contribution in [0.15, 0.2) is 24.3 Å². The molecule has 2 rings (SSSR count). The molecule has 0 radical (unpaired) electrons. The van der Waals surface area contributed by atoms with E-state index in [4.69, 9.17) is 0 Å². The van der Waals surface area contributed by atoms with Gasteiger partial charge in [-0.25, -0.2) is 0 Å². The van der Waals surface area contributed by atoms with Crippen molar-refractivity contribution < 1.29 is 0 Å². The van der Waals surface area contributed by atoms with Crippen molar-refractivity contribution in [2.75, 3.05) is 18.4 Å². The molecule has 0 aliphatic carbocycles. The van der Waals surface area contributed by atoms with Gasteiger partial charge >= 0.3 is 0 Å². The van der Waals surface area contributed by atoms with Gasteiger partial charge in [-0.15, -0.1) is 0 Å². The lowest BCUT2D eigenvalue weighted by Gasteiger charge is -2.30. The van der Waals surface area contributed by atoms with Crippen LogP contribution in [0.25, 0.3) is 0 Å². The van der Waals surface area contributed by atoms with Gasteiger partial charge in [-0.05, 0) is 25.5 Å². The number of nitrogens with one attached hydrogen (secondary N) is 2. The zero-order valence-corrected chi connectivity index (χ0v) is 8.88. The Labute approximate surface area is 85.7 Å². The van der Waals surface area contributed by atoms with Gasteiger partial charge in [0, 0.05) is 30.7 Å². The van der Waals surface area contributed by atoms with Crippen LogP contribution in [-0.4, -0.2) is 19.1 Å². The molecule has 0 saturated carbocycles. The lowest BCUT2D eigenvalue weighted by Crippen LogP contribution is -2.40. The largest absolute Gasteiger partial charge is 0.383 e. The number of hydrogen-bond donors (Lipinski definition) is 2. The monoisotopic (exact) mass is 190 g/mol. The second kappa shape index (κ2) is 4.01. The Morgan fingerprint density at radius 3 is 2.57 bits per heavy atom. The average molecular weight is 190 g/mol. The highest BCUT2D eigenvalue weighted by molar-refractivity contribution is 5.54. The molecular formula is C12H18N2. The normalized spacial score (nSPS) is 16.8. The number of benzene rings is 1. The van der Waals surface area contributed by atoms with E-state index in [1.807, 2.05) is 0 Å². The lowest BCUT2D eigenvalue weighted by molar-refractivity contribution is 0.449. The molecule has 1 aliphatic heterocycles. The van der Waals surface area contributed by atoms with Crippen LogP contribution in [-0.2, 0) is 0 Å². The van der Waals surface area contributed by atoms with E-state index in [2.05, 4.69) is 48.7 Å². The molecule has 2 N–H and O–H groups in total. The Balaban J connectivity index is 2.19. The molecule has 0 aromatic heterocycles. The summed E-state index contributed by atoms with van der Waals surface area (Å²) in [6.07, 6.45) is 0. The summed E-state index contributed by atoms with van der Waals surface area (Å²) in [4.78, 5) is 0. The van der Waals surface area contributed by atoms with Gasteiger partial charge in [0.05, 0.1) is 0 Å². The maximum atomic E-state index is 3.49. The third-order valence-corrected chi connectivity index (χ3v) is 2.63. The van der Waals surface area contributed by atoms with Crippen LogP contribution in [0.3, 0.4) is 0 Å². The van der Waals surface area contributed by atoms with E-state index in [1.165, 1.54) is 11.3 Å². The highest BCUT2D eigenvalue weighted by Crippen LogP contribution is 2.27. The molecule has 0 atom stereocenters. The fourth-order valence-electron chi connectivity index (χ4n) is 1.80. The van der Waals surface area contributed by atoms with Crippen LogP contribution in [0.5, 0.6) is 0 Å². The van der Waals surface area contributed by atoms with E-state index in [0.29, 0.717) is 12.0 Å². The number of anilines is 1. The van der Waals surface area contributed by atoms with Gasteiger partial charge in [-0.1, -0.05) is 18.2 Å². The molecule has 0 bridgehead atoms. The summed E-state index contributed by atoms with van der Waals surface area (Å²) in [7, 11) is 0. The number of rotatable bonds is 3. The Hall–Kier alpha value is -1.02. The summed E-state index contributed by atoms with van der Waals surface area (Å²) in [5, 5.41) is 6.81. The van der Waals surface area contributed by atoms with Crippen molar-refractivity contribution in [3.05, 3.63) is 29.8 Å². The molecule has 1 aromatic rings. The van der Waals surface area contributed by atoms with Gasteiger partial charge in [0.25, 0.3) is 0 Å². The van der Waals surface area contributed by atoms with E-state index in [1.54, 1.807) is 0 Å². The van der Waals surface area contributed by atoms with Crippen molar-refractivity contribution in [3.63, 3.8) is 0 Å². The molecule has 0 unspecified atom stereocenters. The third kappa shape index (κ3) is 1.90. The summed E-state index contributed by atoms with van der Waals surface area (Å²) in [5.74, 6) is 0.706. The third-order valence-electron chi connectivity index (χ3n) is 2.63. The van der Waals surface area contributed by atoms with E-state index >= 15 is 0 Å². The topological polar surface area (TPSA) is 24.1 Å². The zero-order chi connectivity index (χ0) is 9.97. The second-order valence-electron chi connectivity index (χ2n) is 4.24. The van der Waals surface area contributed by atoms with Crippen molar-refractivity contribution in [1.82, 2.24) is 5.32 Å². The molecule has 1 saturated heterocycles. The van der Waals surface area contributed by atoms with Crippen LogP contribution in [0.1, 0.15) is 25.3 Å². The van der Waals surface area contributed by atoms with Crippen molar-refractivity contribution >= 4 is 5.69 Å². The molecule has 1 aromatic carbocycles. The number of hydrogen-bond acceptors (Lipinski definition) is 2. The van der Waals surface area contributed by atoms with Crippen LogP contribution < -0.4 is 10.6 Å². The van der Waals surface area contributed by atoms with Gasteiger partial charge in [0.2, 0.25) is 0 Å². The first-order valence-corrected chi connectivity index (χ1v) is 5.33. The first-order valence-electron chi connectivity index (χ1n) is 5.33. The molecule has 14 heavy (non-hydrogen) atoms. The predicted molar refractivity (Wildman–Crippen MR) is 60.8 cm³/mol. The second-order valence-corrected chi connectivity index (χ2v) is 4.24. The Bertz CT molecular complexity index is 303. The maximum Gasteiger partial charge on any atom is 0.0378 e.